The van der Waals surface area contributed by atoms with Crippen molar-refractivity contribution in [2.75, 3.05) is 38.7 Å². The molecule has 182 valence electrons. The number of benzene rings is 2. The lowest BCUT2D eigenvalue weighted by molar-refractivity contribution is -0.274. The molecule has 2 heterocycles. The molecular formula is C23H25F3N4O3S. The van der Waals surface area contributed by atoms with Gasteiger partial charge in [0.15, 0.2) is 0 Å². The minimum absolute atomic E-state index is 0.0787. The fourth-order valence-corrected chi connectivity index (χ4v) is 5.14. The molecule has 3 aromatic rings. The van der Waals surface area contributed by atoms with Gasteiger partial charge in [-0.05, 0) is 49.4 Å². The number of pyridine rings is 1. The fourth-order valence-electron chi connectivity index (χ4n) is 3.78. The largest absolute Gasteiger partial charge is 0.573 e. The number of nitrogens with one attached hydrogen (secondary N) is 1. The number of anilines is 1. The summed E-state index contributed by atoms with van der Waals surface area (Å²) in [6, 6.07) is 10.2. The van der Waals surface area contributed by atoms with Crippen molar-refractivity contribution in [3.05, 3.63) is 54.2 Å². The van der Waals surface area contributed by atoms with Gasteiger partial charge in [0, 0.05) is 37.8 Å². The number of rotatable bonds is 6. The molecule has 2 aromatic carbocycles. The third kappa shape index (κ3) is 5.26. The van der Waals surface area contributed by atoms with Crippen LogP contribution in [0.2, 0.25) is 0 Å². The van der Waals surface area contributed by atoms with Crippen LogP contribution in [0.3, 0.4) is 0 Å². The smallest absolute Gasteiger partial charge is 0.406 e. The molecule has 1 aliphatic rings. The van der Waals surface area contributed by atoms with Crippen LogP contribution >= 0.6 is 0 Å². The van der Waals surface area contributed by atoms with Gasteiger partial charge in [0.05, 0.1) is 16.1 Å². The minimum Gasteiger partial charge on any atom is -0.406 e. The molecule has 34 heavy (non-hydrogen) atoms. The van der Waals surface area contributed by atoms with Gasteiger partial charge < -0.3 is 15.1 Å². The van der Waals surface area contributed by atoms with E-state index in [-0.39, 0.29) is 20.9 Å². The summed E-state index contributed by atoms with van der Waals surface area (Å²) in [5, 5.41) is 2.07. The van der Waals surface area contributed by atoms with Crippen LogP contribution in [0.4, 0.5) is 18.9 Å². The maximum atomic E-state index is 13.6. The van der Waals surface area contributed by atoms with Gasteiger partial charge in [-0.15, -0.1) is 13.2 Å². The van der Waals surface area contributed by atoms with E-state index in [2.05, 4.69) is 20.0 Å². The van der Waals surface area contributed by atoms with Gasteiger partial charge in [0.25, 0.3) is 0 Å². The number of halogens is 3. The highest BCUT2D eigenvalue weighted by atomic mass is 32.2. The van der Waals surface area contributed by atoms with Gasteiger partial charge >= 0.3 is 6.36 Å². The maximum Gasteiger partial charge on any atom is 0.573 e. The second-order valence-electron chi connectivity index (χ2n) is 8.13. The van der Waals surface area contributed by atoms with E-state index in [1.165, 1.54) is 24.4 Å². The van der Waals surface area contributed by atoms with Gasteiger partial charge in [-0.2, -0.15) is 0 Å². The zero-order chi connectivity index (χ0) is 24.5. The number of hydrazine groups is 1. The summed E-state index contributed by atoms with van der Waals surface area (Å²) in [5.41, 5.74) is 4.65. The summed E-state index contributed by atoms with van der Waals surface area (Å²) in [4.78, 5) is 6.32. The molecule has 1 aliphatic heterocycles. The van der Waals surface area contributed by atoms with Crippen LogP contribution < -0.4 is 10.2 Å². The Morgan fingerprint density at radius 3 is 2.35 bits per heavy atom. The maximum absolute atomic E-state index is 13.6. The SMILES string of the molecule is CCc1ccc(S(=O)(=O)c2cnc3ccc(OC(F)(F)F)cc3c2NN2CCN(C)CC2)cc1. The lowest BCUT2D eigenvalue weighted by atomic mass is 10.2. The van der Waals surface area contributed by atoms with E-state index in [1.54, 1.807) is 12.1 Å². The van der Waals surface area contributed by atoms with Crippen molar-refractivity contribution in [3.8, 4) is 5.75 Å². The number of piperazine rings is 1. The van der Waals surface area contributed by atoms with Crippen LogP contribution in [0.5, 0.6) is 5.75 Å². The number of sulfone groups is 1. The Hall–Kier alpha value is -2.89. The highest BCUT2D eigenvalue weighted by Crippen LogP contribution is 2.36. The number of aryl methyl sites for hydroxylation is 1. The van der Waals surface area contributed by atoms with Crippen LogP contribution in [-0.4, -0.2) is 62.9 Å². The second-order valence-corrected chi connectivity index (χ2v) is 10.0. The van der Waals surface area contributed by atoms with Crippen molar-refractivity contribution in [2.24, 2.45) is 0 Å². The summed E-state index contributed by atoms with van der Waals surface area (Å²) >= 11 is 0. The molecule has 0 amide bonds. The number of ether oxygens (including phenoxy) is 1. The summed E-state index contributed by atoms with van der Waals surface area (Å²) in [7, 11) is -2.04. The molecule has 0 saturated carbocycles. The average Bonchev–Trinajstić information content (AvgIpc) is 2.79. The van der Waals surface area contributed by atoms with Crippen molar-refractivity contribution in [1.29, 1.82) is 0 Å². The number of nitrogens with zero attached hydrogens (tertiary/aromatic N) is 3. The number of hydrogen-bond acceptors (Lipinski definition) is 7. The standard InChI is InChI=1S/C23H25F3N4O3S/c1-3-16-4-7-18(8-5-16)34(31,32)21-15-27-20-9-6-17(33-23(24,25)26)14-19(20)22(21)28-30-12-10-29(2)11-13-30/h4-9,14-15H,3,10-13H2,1-2H3,(H,27,28). The van der Waals surface area contributed by atoms with E-state index < -0.39 is 21.9 Å². The number of fused-ring (bicyclic) bond motifs is 1. The van der Waals surface area contributed by atoms with Gasteiger partial charge in [0.2, 0.25) is 9.84 Å². The van der Waals surface area contributed by atoms with Gasteiger partial charge in [-0.1, -0.05) is 19.1 Å². The Morgan fingerprint density at radius 2 is 1.74 bits per heavy atom. The average molecular weight is 495 g/mol. The predicted molar refractivity (Wildman–Crippen MR) is 122 cm³/mol. The first-order valence-electron chi connectivity index (χ1n) is 10.8. The number of likely N-dealkylation sites (N-methyl/N-ethyl adjacent to an activating group) is 1. The van der Waals surface area contributed by atoms with Gasteiger partial charge in [-0.3, -0.25) is 4.98 Å². The van der Waals surface area contributed by atoms with Crippen LogP contribution in [0, 0.1) is 0 Å². The van der Waals surface area contributed by atoms with Crippen molar-refractivity contribution < 1.29 is 26.3 Å². The number of aromatic nitrogens is 1. The molecule has 1 aromatic heterocycles. The molecule has 0 bridgehead atoms. The topological polar surface area (TPSA) is 74.8 Å². The molecule has 11 heteroatoms. The Balaban J connectivity index is 1.85. The summed E-state index contributed by atoms with van der Waals surface area (Å²) < 4.78 is 69.8. The number of hydrogen-bond donors (Lipinski definition) is 1. The van der Waals surface area contributed by atoms with Crippen molar-refractivity contribution in [3.63, 3.8) is 0 Å². The Morgan fingerprint density at radius 1 is 1.06 bits per heavy atom. The van der Waals surface area contributed by atoms with E-state index in [4.69, 9.17) is 0 Å². The number of alkyl halides is 3. The quantitative estimate of drug-likeness (QED) is 0.553. The zero-order valence-corrected chi connectivity index (χ0v) is 19.6. The van der Waals surface area contributed by atoms with E-state index >= 15 is 0 Å². The normalized spacial score (nSPS) is 16.0. The first-order valence-corrected chi connectivity index (χ1v) is 12.3. The van der Waals surface area contributed by atoms with Crippen LogP contribution in [0.15, 0.2) is 58.5 Å². The first kappa shape index (κ1) is 24.2. The van der Waals surface area contributed by atoms with Crippen molar-refractivity contribution in [2.45, 2.75) is 29.5 Å². The Labute approximate surface area is 196 Å². The molecule has 1 fully saturated rings. The lowest BCUT2D eigenvalue weighted by Crippen LogP contribution is -2.47. The Kier molecular flexibility index (Phi) is 6.70. The molecule has 0 spiro atoms. The third-order valence-electron chi connectivity index (χ3n) is 5.74. The van der Waals surface area contributed by atoms with Crippen LogP contribution in [0.25, 0.3) is 10.9 Å². The fraction of sp³-hybridized carbons (Fsp3) is 0.348. The van der Waals surface area contributed by atoms with E-state index in [1.807, 2.05) is 19.0 Å². The lowest BCUT2D eigenvalue weighted by Gasteiger charge is -2.33. The van der Waals surface area contributed by atoms with Gasteiger partial charge in [0.1, 0.15) is 10.6 Å². The third-order valence-corrected chi connectivity index (χ3v) is 7.52. The molecular weight excluding hydrogens is 469 g/mol. The van der Waals surface area contributed by atoms with Gasteiger partial charge in [-0.25, -0.2) is 13.4 Å². The van der Waals surface area contributed by atoms with Crippen LogP contribution in [0.1, 0.15) is 12.5 Å². The summed E-state index contributed by atoms with van der Waals surface area (Å²) in [6.45, 7) is 4.67. The molecule has 7 nitrogen and oxygen atoms in total. The molecule has 0 atom stereocenters. The van der Waals surface area contributed by atoms with E-state index in [0.717, 1.165) is 37.2 Å². The molecule has 0 radical (unpaired) electrons. The molecule has 4 rings (SSSR count). The highest BCUT2D eigenvalue weighted by Gasteiger charge is 2.32. The Bertz CT molecular complexity index is 1270. The van der Waals surface area contributed by atoms with Crippen molar-refractivity contribution in [1.82, 2.24) is 14.9 Å². The molecule has 1 saturated heterocycles. The summed E-state index contributed by atoms with van der Waals surface area (Å²) in [6.07, 6.45) is -2.87. The second kappa shape index (κ2) is 9.40. The van der Waals surface area contributed by atoms with E-state index in [9.17, 15) is 21.6 Å². The zero-order valence-electron chi connectivity index (χ0n) is 18.8. The van der Waals surface area contributed by atoms with Crippen LogP contribution in [-0.2, 0) is 16.3 Å². The minimum atomic E-state index is -4.88. The predicted octanol–water partition coefficient (Wildman–Crippen LogP) is 4.10. The molecule has 1 N–H and O–H groups in total. The summed E-state index contributed by atoms with van der Waals surface area (Å²) in [5.74, 6) is -0.454. The molecule has 0 aliphatic carbocycles. The van der Waals surface area contributed by atoms with Crippen molar-refractivity contribution >= 4 is 26.4 Å². The highest BCUT2D eigenvalue weighted by molar-refractivity contribution is 7.91. The molecule has 0 unspecified atom stereocenters. The monoisotopic (exact) mass is 494 g/mol. The first-order chi connectivity index (χ1) is 16.1. The van der Waals surface area contributed by atoms with E-state index in [0.29, 0.717) is 18.6 Å².